The molecule has 0 saturated carbocycles. The zero-order valence-corrected chi connectivity index (χ0v) is 13.7. The average Bonchev–Trinajstić information content (AvgIpc) is 3.06. The van der Waals surface area contributed by atoms with Crippen molar-refractivity contribution in [2.24, 2.45) is 0 Å². The number of aromatic nitrogens is 4. The van der Waals surface area contributed by atoms with Gasteiger partial charge in [0, 0.05) is 24.0 Å². The van der Waals surface area contributed by atoms with Gasteiger partial charge in [0.1, 0.15) is 10.8 Å². The molecule has 0 aliphatic heterocycles. The molecule has 4 rings (SSSR count). The first-order valence-corrected chi connectivity index (χ1v) is 8.26. The summed E-state index contributed by atoms with van der Waals surface area (Å²) in [5.74, 6) is -0.350. The molecule has 0 saturated heterocycles. The third kappa shape index (κ3) is 3.22. The van der Waals surface area contributed by atoms with Crippen molar-refractivity contribution in [2.75, 3.05) is 0 Å². The zero-order chi connectivity index (χ0) is 17.2. The monoisotopic (exact) mass is 350 g/mol. The van der Waals surface area contributed by atoms with Crippen LogP contribution in [0.3, 0.4) is 0 Å². The van der Waals surface area contributed by atoms with Crippen LogP contribution >= 0.6 is 11.3 Å². The van der Waals surface area contributed by atoms with Crippen molar-refractivity contribution in [3.8, 4) is 10.6 Å². The van der Waals surface area contributed by atoms with Crippen LogP contribution < -0.4 is 5.56 Å². The van der Waals surface area contributed by atoms with E-state index in [0.717, 1.165) is 5.56 Å². The van der Waals surface area contributed by atoms with Gasteiger partial charge in [-0.1, -0.05) is 35.6 Å². The van der Waals surface area contributed by atoms with Crippen molar-refractivity contribution in [3.05, 3.63) is 82.3 Å². The SMILES string of the molecule is O=c1cc(/C=C/c2cccnc2)nc2sc(-c3cccc(F)c3)nn12. The molecule has 0 spiro atoms. The van der Waals surface area contributed by atoms with Crippen LogP contribution in [0.25, 0.3) is 27.7 Å². The topological polar surface area (TPSA) is 60.2 Å². The fourth-order valence-corrected chi connectivity index (χ4v) is 3.22. The number of fused-ring (bicyclic) bond motifs is 1. The highest BCUT2D eigenvalue weighted by Gasteiger charge is 2.10. The third-order valence-corrected chi connectivity index (χ3v) is 4.42. The molecule has 0 N–H and O–H groups in total. The van der Waals surface area contributed by atoms with Crippen LogP contribution in [-0.2, 0) is 0 Å². The second kappa shape index (κ2) is 6.37. The molecule has 0 aliphatic rings. The molecule has 0 bridgehead atoms. The second-order valence-corrected chi connectivity index (χ2v) is 6.21. The van der Waals surface area contributed by atoms with Gasteiger partial charge >= 0.3 is 0 Å². The lowest BCUT2D eigenvalue weighted by Gasteiger charge is -1.94. The quantitative estimate of drug-likeness (QED) is 0.567. The summed E-state index contributed by atoms with van der Waals surface area (Å²) in [6, 6.07) is 11.2. The first-order valence-electron chi connectivity index (χ1n) is 7.44. The second-order valence-electron chi connectivity index (χ2n) is 5.25. The summed E-state index contributed by atoms with van der Waals surface area (Å²) in [6.45, 7) is 0. The van der Waals surface area contributed by atoms with E-state index in [4.69, 9.17) is 0 Å². The molecule has 0 amide bonds. The molecule has 7 heteroatoms. The van der Waals surface area contributed by atoms with Crippen LogP contribution in [0.1, 0.15) is 11.3 Å². The highest BCUT2D eigenvalue weighted by molar-refractivity contribution is 7.19. The van der Waals surface area contributed by atoms with Gasteiger partial charge in [0.2, 0.25) is 4.96 Å². The van der Waals surface area contributed by atoms with Crippen molar-refractivity contribution in [3.63, 3.8) is 0 Å². The van der Waals surface area contributed by atoms with Crippen molar-refractivity contribution in [1.29, 1.82) is 0 Å². The van der Waals surface area contributed by atoms with Gasteiger partial charge < -0.3 is 0 Å². The van der Waals surface area contributed by atoms with Gasteiger partial charge in [-0.05, 0) is 29.8 Å². The summed E-state index contributed by atoms with van der Waals surface area (Å²) in [5.41, 5.74) is 1.77. The van der Waals surface area contributed by atoms with E-state index in [1.807, 2.05) is 18.2 Å². The Balaban J connectivity index is 1.75. The van der Waals surface area contributed by atoms with E-state index >= 15 is 0 Å². The van der Waals surface area contributed by atoms with Gasteiger partial charge in [0.15, 0.2) is 0 Å². The van der Waals surface area contributed by atoms with Gasteiger partial charge in [-0.15, -0.1) is 0 Å². The lowest BCUT2D eigenvalue weighted by molar-refractivity contribution is 0.628. The van der Waals surface area contributed by atoms with Crippen LogP contribution in [0.4, 0.5) is 4.39 Å². The zero-order valence-electron chi connectivity index (χ0n) is 12.8. The average molecular weight is 350 g/mol. The van der Waals surface area contributed by atoms with Gasteiger partial charge in [-0.25, -0.2) is 9.37 Å². The smallest absolute Gasteiger partial charge is 0.267 e. The molecular formula is C18H11FN4OS. The van der Waals surface area contributed by atoms with Crippen molar-refractivity contribution >= 4 is 28.4 Å². The standard InChI is InChI=1S/C18H11FN4OS/c19-14-5-1-4-13(9-14)17-22-23-16(24)10-15(21-18(23)25-17)7-6-12-3-2-8-20-11-12/h1-11H/b7-6+. The maximum atomic E-state index is 13.4. The Hall–Kier alpha value is -3.19. The summed E-state index contributed by atoms with van der Waals surface area (Å²) in [5, 5.41) is 4.78. The molecule has 0 fully saturated rings. The number of nitrogens with zero attached hydrogens (tertiary/aromatic N) is 4. The summed E-state index contributed by atoms with van der Waals surface area (Å²) >= 11 is 1.24. The summed E-state index contributed by atoms with van der Waals surface area (Å²) in [4.78, 5) is 21.2. The maximum absolute atomic E-state index is 13.4. The Labute approximate surface area is 145 Å². The Morgan fingerprint density at radius 3 is 2.84 bits per heavy atom. The minimum absolute atomic E-state index is 0.283. The highest BCUT2D eigenvalue weighted by atomic mass is 32.1. The van der Waals surface area contributed by atoms with E-state index < -0.39 is 0 Å². The molecule has 0 radical (unpaired) electrons. The first kappa shape index (κ1) is 15.3. The molecule has 4 aromatic rings. The Kier molecular flexibility index (Phi) is 3.91. The van der Waals surface area contributed by atoms with E-state index in [1.54, 1.807) is 30.6 Å². The van der Waals surface area contributed by atoms with Gasteiger partial charge in [0.25, 0.3) is 5.56 Å². The Bertz CT molecular complexity index is 1130. The fourth-order valence-electron chi connectivity index (χ4n) is 2.31. The van der Waals surface area contributed by atoms with Crippen molar-refractivity contribution in [1.82, 2.24) is 19.6 Å². The summed E-state index contributed by atoms with van der Waals surface area (Å²) in [6.07, 6.45) is 7.00. The van der Waals surface area contributed by atoms with Gasteiger partial charge in [-0.2, -0.15) is 9.61 Å². The summed E-state index contributed by atoms with van der Waals surface area (Å²) in [7, 11) is 0. The van der Waals surface area contributed by atoms with E-state index in [1.165, 1.54) is 34.1 Å². The summed E-state index contributed by atoms with van der Waals surface area (Å²) < 4.78 is 14.6. The largest absolute Gasteiger partial charge is 0.275 e. The number of rotatable bonds is 3. The molecule has 0 unspecified atom stereocenters. The van der Waals surface area contributed by atoms with Crippen LogP contribution in [0.5, 0.6) is 0 Å². The minimum Gasteiger partial charge on any atom is -0.267 e. The lowest BCUT2D eigenvalue weighted by Crippen LogP contribution is -2.14. The Morgan fingerprint density at radius 1 is 1.12 bits per heavy atom. The van der Waals surface area contributed by atoms with E-state index in [2.05, 4.69) is 15.1 Å². The number of hydrogen-bond acceptors (Lipinski definition) is 5. The maximum Gasteiger partial charge on any atom is 0.275 e. The third-order valence-electron chi connectivity index (χ3n) is 3.47. The Morgan fingerprint density at radius 2 is 2.04 bits per heavy atom. The highest BCUT2D eigenvalue weighted by Crippen LogP contribution is 2.24. The fraction of sp³-hybridized carbons (Fsp3) is 0. The number of hydrogen-bond donors (Lipinski definition) is 0. The first-order chi connectivity index (χ1) is 12.2. The van der Waals surface area contributed by atoms with E-state index in [9.17, 15) is 9.18 Å². The van der Waals surface area contributed by atoms with Crippen molar-refractivity contribution in [2.45, 2.75) is 0 Å². The van der Waals surface area contributed by atoms with Gasteiger partial charge in [0.05, 0.1) is 5.69 Å². The molecule has 122 valence electrons. The molecule has 25 heavy (non-hydrogen) atoms. The van der Waals surface area contributed by atoms with Crippen LogP contribution in [0.2, 0.25) is 0 Å². The molecule has 3 aromatic heterocycles. The molecule has 0 aliphatic carbocycles. The minimum atomic E-state index is -0.350. The van der Waals surface area contributed by atoms with E-state index in [-0.39, 0.29) is 11.4 Å². The van der Waals surface area contributed by atoms with Crippen LogP contribution in [0.15, 0.2) is 59.7 Å². The van der Waals surface area contributed by atoms with Crippen LogP contribution in [-0.4, -0.2) is 19.6 Å². The predicted molar refractivity (Wildman–Crippen MR) is 95.7 cm³/mol. The predicted octanol–water partition coefficient (Wildman–Crippen LogP) is 3.52. The normalized spacial score (nSPS) is 11.4. The molecule has 0 atom stereocenters. The molecule has 1 aromatic carbocycles. The molecule has 3 heterocycles. The van der Waals surface area contributed by atoms with E-state index in [0.29, 0.717) is 21.2 Å². The van der Waals surface area contributed by atoms with Gasteiger partial charge in [-0.3, -0.25) is 9.78 Å². The van der Waals surface area contributed by atoms with Crippen LogP contribution in [0, 0.1) is 5.82 Å². The number of benzene rings is 1. The molecule has 5 nitrogen and oxygen atoms in total. The number of pyridine rings is 1. The molecular weight excluding hydrogens is 339 g/mol. The number of halogens is 1. The van der Waals surface area contributed by atoms with Crippen molar-refractivity contribution < 1.29 is 4.39 Å². The lowest BCUT2D eigenvalue weighted by atomic mass is 10.2.